The second-order valence-electron chi connectivity index (χ2n) is 5.12. The van der Waals surface area contributed by atoms with Gasteiger partial charge in [-0.3, -0.25) is 4.98 Å². The largest absolute Gasteiger partial charge is 0.489 e. The smallest absolute Gasteiger partial charge is 0.120 e. The highest BCUT2D eigenvalue weighted by molar-refractivity contribution is 6.31. The Morgan fingerprint density at radius 2 is 2.25 bits per heavy atom. The zero-order valence-electron chi connectivity index (χ0n) is 11.2. The van der Waals surface area contributed by atoms with Gasteiger partial charge in [-0.2, -0.15) is 0 Å². The Labute approximate surface area is 123 Å². The molecular formula is C16H17ClN2O. The number of rotatable bonds is 3. The average molecular weight is 289 g/mol. The van der Waals surface area contributed by atoms with Gasteiger partial charge in [0.25, 0.3) is 0 Å². The van der Waals surface area contributed by atoms with Crippen LogP contribution in [0.1, 0.15) is 35.6 Å². The number of aromatic nitrogens is 1. The Hall–Kier alpha value is -1.58. The van der Waals surface area contributed by atoms with Crippen molar-refractivity contribution < 1.29 is 4.74 Å². The minimum atomic E-state index is 0.131. The van der Waals surface area contributed by atoms with E-state index in [-0.39, 0.29) is 6.04 Å². The lowest BCUT2D eigenvalue weighted by Crippen LogP contribution is -2.17. The second-order valence-corrected chi connectivity index (χ2v) is 5.52. The van der Waals surface area contributed by atoms with Crippen LogP contribution in [-0.4, -0.2) is 4.98 Å². The van der Waals surface area contributed by atoms with Gasteiger partial charge in [-0.1, -0.05) is 17.7 Å². The lowest BCUT2D eigenvalue weighted by Gasteiger charge is -2.22. The monoisotopic (exact) mass is 288 g/mol. The molecule has 0 spiro atoms. The molecule has 0 saturated carbocycles. The summed E-state index contributed by atoms with van der Waals surface area (Å²) in [5.41, 5.74) is 9.66. The number of hydrogen-bond donors (Lipinski definition) is 1. The van der Waals surface area contributed by atoms with Crippen molar-refractivity contribution in [2.24, 2.45) is 5.73 Å². The van der Waals surface area contributed by atoms with Gasteiger partial charge in [0.15, 0.2) is 0 Å². The van der Waals surface area contributed by atoms with Crippen molar-refractivity contribution in [2.45, 2.75) is 31.9 Å². The SMILES string of the molecule is N[C@@H]1CCCc2ccc(OCc3ccncc3Cl)cc21. The molecule has 3 rings (SSSR count). The van der Waals surface area contributed by atoms with Crippen molar-refractivity contribution in [1.82, 2.24) is 4.98 Å². The van der Waals surface area contributed by atoms with Gasteiger partial charge in [-0.05, 0) is 48.6 Å². The third kappa shape index (κ3) is 2.79. The predicted octanol–water partition coefficient (Wildman–Crippen LogP) is 3.65. The van der Waals surface area contributed by atoms with E-state index in [4.69, 9.17) is 22.1 Å². The molecule has 0 saturated heterocycles. The van der Waals surface area contributed by atoms with Gasteiger partial charge in [0.2, 0.25) is 0 Å². The Morgan fingerprint density at radius 3 is 3.10 bits per heavy atom. The molecular weight excluding hydrogens is 272 g/mol. The van der Waals surface area contributed by atoms with Crippen LogP contribution in [0.2, 0.25) is 5.02 Å². The van der Waals surface area contributed by atoms with Crippen molar-refractivity contribution in [1.29, 1.82) is 0 Å². The molecule has 20 heavy (non-hydrogen) atoms. The molecule has 0 bridgehead atoms. The van der Waals surface area contributed by atoms with Crippen LogP contribution in [-0.2, 0) is 13.0 Å². The standard InChI is InChI=1S/C16H17ClN2O/c17-15-9-19-7-6-12(15)10-20-13-5-4-11-2-1-3-16(18)14(11)8-13/h4-9,16H,1-3,10,18H2/t16-/m1/s1. The van der Waals surface area contributed by atoms with Crippen LogP contribution in [0, 0.1) is 0 Å². The van der Waals surface area contributed by atoms with Gasteiger partial charge in [-0.25, -0.2) is 0 Å². The number of aryl methyl sites for hydroxylation is 1. The minimum Gasteiger partial charge on any atom is -0.489 e. The first-order valence-electron chi connectivity index (χ1n) is 6.83. The molecule has 1 aromatic heterocycles. The van der Waals surface area contributed by atoms with Crippen molar-refractivity contribution in [3.63, 3.8) is 0 Å². The Morgan fingerprint density at radius 1 is 1.35 bits per heavy atom. The van der Waals surface area contributed by atoms with E-state index < -0.39 is 0 Å². The summed E-state index contributed by atoms with van der Waals surface area (Å²) in [4.78, 5) is 3.96. The number of nitrogens with zero attached hydrogens (tertiary/aromatic N) is 1. The molecule has 3 nitrogen and oxygen atoms in total. The lowest BCUT2D eigenvalue weighted by molar-refractivity contribution is 0.305. The van der Waals surface area contributed by atoms with E-state index in [9.17, 15) is 0 Å². The van der Waals surface area contributed by atoms with Crippen LogP contribution in [0.3, 0.4) is 0 Å². The summed E-state index contributed by atoms with van der Waals surface area (Å²) in [5.74, 6) is 0.842. The fourth-order valence-corrected chi connectivity index (χ4v) is 2.76. The molecule has 0 fully saturated rings. The van der Waals surface area contributed by atoms with Gasteiger partial charge in [0.1, 0.15) is 12.4 Å². The molecule has 1 atom stereocenters. The Balaban J connectivity index is 1.75. The molecule has 0 radical (unpaired) electrons. The average Bonchev–Trinajstić information content (AvgIpc) is 2.47. The summed E-state index contributed by atoms with van der Waals surface area (Å²) >= 11 is 6.07. The molecule has 2 N–H and O–H groups in total. The van der Waals surface area contributed by atoms with E-state index in [1.54, 1.807) is 12.4 Å². The number of fused-ring (bicyclic) bond motifs is 1. The molecule has 0 aliphatic heterocycles. The van der Waals surface area contributed by atoms with E-state index in [2.05, 4.69) is 17.1 Å². The number of benzene rings is 1. The highest BCUT2D eigenvalue weighted by atomic mass is 35.5. The maximum Gasteiger partial charge on any atom is 0.120 e. The molecule has 1 aromatic carbocycles. The molecule has 2 aromatic rings. The minimum absolute atomic E-state index is 0.131. The molecule has 4 heteroatoms. The van der Waals surface area contributed by atoms with Crippen molar-refractivity contribution >= 4 is 11.6 Å². The number of halogens is 1. The Bertz CT molecular complexity index is 615. The predicted molar refractivity (Wildman–Crippen MR) is 79.9 cm³/mol. The third-order valence-electron chi connectivity index (χ3n) is 3.73. The molecule has 1 aliphatic carbocycles. The van der Waals surface area contributed by atoms with Crippen LogP contribution in [0.5, 0.6) is 5.75 Å². The first-order valence-corrected chi connectivity index (χ1v) is 7.21. The third-order valence-corrected chi connectivity index (χ3v) is 4.07. The summed E-state index contributed by atoms with van der Waals surface area (Å²) in [6.07, 6.45) is 6.67. The van der Waals surface area contributed by atoms with Crippen LogP contribution in [0.25, 0.3) is 0 Å². The van der Waals surface area contributed by atoms with Crippen LogP contribution in [0.4, 0.5) is 0 Å². The first-order chi connectivity index (χ1) is 9.74. The summed E-state index contributed by atoms with van der Waals surface area (Å²) in [5, 5.41) is 0.627. The number of ether oxygens (including phenoxy) is 1. The Kier molecular flexibility index (Phi) is 3.90. The zero-order valence-corrected chi connectivity index (χ0v) is 11.9. The van der Waals surface area contributed by atoms with Gasteiger partial charge < -0.3 is 10.5 Å². The summed E-state index contributed by atoms with van der Waals surface area (Å²) in [7, 11) is 0. The van der Waals surface area contributed by atoms with Crippen molar-refractivity contribution in [3.05, 3.63) is 58.4 Å². The summed E-state index contributed by atoms with van der Waals surface area (Å²) in [6, 6.07) is 8.19. The van der Waals surface area contributed by atoms with Crippen LogP contribution in [0.15, 0.2) is 36.7 Å². The molecule has 0 unspecified atom stereocenters. The fraction of sp³-hybridized carbons (Fsp3) is 0.312. The number of hydrogen-bond acceptors (Lipinski definition) is 3. The topological polar surface area (TPSA) is 48.1 Å². The van der Waals surface area contributed by atoms with E-state index in [0.717, 1.165) is 24.2 Å². The van der Waals surface area contributed by atoms with Crippen molar-refractivity contribution in [3.8, 4) is 5.75 Å². The normalized spacial score (nSPS) is 17.6. The van der Waals surface area contributed by atoms with Crippen LogP contribution >= 0.6 is 11.6 Å². The summed E-state index contributed by atoms with van der Waals surface area (Å²) < 4.78 is 5.82. The molecule has 104 valence electrons. The van der Waals surface area contributed by atoms with Crippen LogP contribution < -0.4 is 10.5 Å². The van der Waals surface area contributed by atoms with Gasteiger partial charge in [-0.15, -0.1) is 0 Å². The number of nitrogens with two attached hydrogens (primary N) is 1. The summed E-state index contributed by atoms with van der Waals surface area (Å²) in [6.45, 7) is 0.440. The van der Waals surface area contributed by atoms with E-state index in [0.29, 0.717) is 11.6 Å². The van der Waals surface area contributed by atoms with Gasteiger partial charge >= 0.3 is 0 Å². The van der Waals surface area contributed by atoms with E-state index in [1.807, 2.05) is 12.1 Å². The highest BCUT2D eigenvalue weighted by Gasteiger charge is 2.17. The van der Waals surface area contributed by atoms with Gasteiger partial charge in [0.05, 0.1) is 5.02 Å². The molecule has 1 heterocycles. The molecule has 0 amide bonds. The maximum atomic E-state index is 6.16. The maximum absolute atomic E-state index is 6.16. The zero-order chi connectivity index (χ0) is 13.9. The van der Waals surface area contributed by atoms with E-state index >= 15 is 0 Å². The quantitative estimate of drug-likeness (QED) is 0.938. The second kappa shape index (κ2) is 5.81. The highest BCUT2D eigenvalue weighted by Crippen LogP contribution is 2.31. The lowest BCUT2D eigenvalue weighted by atomic mass is 9.88. The van der Waals surface area contributed by atoms with Gasteiger partial charge in [0, 0.05) is 24.0 Å². The van der Waals surface area contributed by atoms with E-state index in [1.165, 1.54) is 17.5 Å². The first kappa shape index (κ1) is 13.4. The molecule has 1 aliphatic rings. The fourth-order valence-electron chi connectivity index (χ4n) is 2.59. The number of pyridine rings is 1. The van der Waals surface area contributed by atoms with Crippen molar-refractivity contribution in [2.75, 3.05) is 0 Å².